The third kappa shape index (κ3) is 3.47. The van der Waals surface area contributed by atoms with Crippen LogP contribution in [0.4, 0.5) is 13.2 Å². The molecule has 148 valence electrons. The van der Waals surface area contributed by atoms with E-state index in [1.54, 1.807) is 12.1 Å². The Bertz CT molecular complexity index is 1370. The predicted octanol–water partition coefficient (Wildman–Crippen LogP) is 4.36. The van der Waals surface area contributed by atoms with Crippen LogP contribution >= 0.6 is 22.9 Å². The van der Waals surface area contributed by atoms with Crippen molar-refractivity contribution < 1.29 is 23.1 Å². The fourth-order valence-electron chi connectivity index (χ4n) is 3.08. The van der Waals surface area contributed by atoms with E-state index in [1.807, 2.05) is 0 Å². The quantitative estimate of drug-likeness (QED) is 0.481. The topological polar surface area (TPSA) is 72.2 Å². The van der Waals surface area contributed by atoms with Crippen molar-refractivity contribution in [2.75, 3.05) is 0 Å². The first-order valence-electron chi connectivity index (χ1n) is 8.21. The van der Waals surface area contributed by atoms with Crippen LogP contribution in [0.1, 0.15) is 10.6 Å². The van der Waals surface area contributed by atoms with Crippen LogP contribution in [0.15, 0.2) is 35.1 Å². The first-order valence-corrected chi connectivity index (χ1v) is 9.40. The highest BCUT2D eigenvalue weighted by atomic mass is 35.5. The van der Waals surface area contributed by atoms with Gasteiger partial charge in [0.25, 0.3) is 5.56 Å². The Morgan fingerprint density at radius 1 is 1.17 bits per heavy atom. The first kappa shape index (κ1) is 19.4. The zero-order valence-corrected chi connectivity index (χ0v) is 16.0. The number of thiazole rings is 1. The molecule has 1 N–H and O–H groups in total. The van der Waals surface area contributed by atoms with Gasteiger partial charge in [0.15, 0.2) is 11.6 Å². The van der Waals surface area contributed by atoms with E-state index in [2.05, 4.69) is 4.98 Å². The maximum atomic E-state index is 14.0. The number of carbonyl (C=O) groups is 1. The van der Waals surface area contributed by atoms with Gasteiger partial charge in [0.2, 0.25) is 0 Å². The minimum Gasteiger partial charge on any atom is -0.481 e. The number of pyridine rings is 1. The molecule has 0 aliphatic heterocycles. The van der Waals surface area contributed by atoms with Gasteiger partial charge in [-0.05, 0) is 23.6 Å². The molecule has 0 fully saturated rings. The second kappa shape index (κ2) is 7.16. The van der Waals surface area contributed by atoms with E-state index >= 15 is 0 Å². The zero-order valence-electron chi connectivity index (χ0n) is 14.4. The number of aromatic nitrogens is 2. The summed E-state index contributed by atoms with van der Waals surface area (Å²) in [6.07, 6.45) is -0.494. The highest BCUT2D eigenvalue weighted by molar-refractivity contribution is 7.18. The molecule has 5 nitrogen and oxygen atoms in total. The minimum absolute atomic E-state index is 0.0387. The van der Waals surface area contributed by atoms with Gasteiger partial charge in [-0.25, -0.2) is 18.2 Å². The van der Waals surface area contributed by atoms with E-state index in [0.717, 1.165) is 11.3 Å². The van der Waals surface area contributed by atoms with Gasteiger partial charge in [0, 0.05) is 16.7 Å². The van der Waals surface area contributed by atoms with Gasteiger partial charge in [-0.15, -0.1) is 11.3 Å². The summed E-state index contributed by atoms with van der Waals surface area (Å²) in [6.45, 7) is -0.191. The van der Waals surface area contributed by atoms with Crippen LogP contribution in [-0.2, 0) is 17.8 Å². The smallest absolute Gasteiger partial charge is 0.308 e. The summed E-state index contributed by atoms with van der Waals surface area (Å²) in [7, 11) is 0. The molecule has 0 aliphatic rings. The molecule has 0 saturated heterocycles. The molecule has 2 heterocycles. The second-order valence-corrected chi connectivity index (χ2v) is 7.79. The average Bonchev–Trinajstić information content (AvgIpc) is 3.08. The molecule has 0 unspecified atom stereocenters. The molecular formula is C19H10ClF3N2O3S. The van der Waals surface area contributed by atoms with Crippen LogP contribution < -0.4 is 5.56 Å². The first-order chi connectivity index (χ1) is 13.7. The summed E-state index contributed by atoms with van der Waals surface area (Å²) in [5.41, 5.74) is -0.604. The van der Waals surface area contributed by atoms with Gasteiger partial charge in [0.1, 0.15) is 16.3 Å². The van der Waals surface area contributed by atoms with Crippen molar-refractivity contribution in [2.45, 2.75) is 13.0 Å². The number of benzene rings is 2. The second-order valence-electron chi connectivity index (χ2n) is 6.27. The Morgan fingerprint density at radius 3 is 2.66 bits per heavy atom. The molecule has 0 atom stereocenters. The van der Waals surface area contributed by atoms with Crippen LogP contribution in [0.25, 0.3) is 21.1 Å². The molecule has 0 saturated carbocycles. The number of fused-ring (bicyclic) bond motifs is 2. The van der Waals surface area contributed by atoms with E-state index in [9.17, 15) is 22.8 Å². The summed E-state index contributed by atoms with van der Waals surface area (Å²) in [4.78, 5) is 27.9. The number of hydrogen-bond donors (Lipinski definition) is 1. The minimum atomic E-state index is -1.36. The molecule has 10 heteroatoms. The third-order valence-electron chi connectivity index (χ3n) is 4.33. The van der Waals surface area contributed by atoms with Crippen molar-refractivity contribution in [2.24, 2.45) is 0 Å². The van der Waals surface area contributed by atoms with E-state index in [-0.39, 0.29) is 21.8 Å². The van der Waals surface area contributed by atoms with E-state index in [1.165, 1.54) is 16.7 Å². The summed E-state index contributed by atoms with van der Waals surface area (Å²) in [6, 6.07) is 6.65. The van der Waals surface area contributed by atoms with Crippen LogP contribution in [-0.4, -0.2) is 20.6 Å². The average molecular weight is 439 g/mol. The van der Waals surface area contributed by atoms with Crippen LogP contribution in [0.5, 0.6) is 0 Å². The van der Waals surface area contributed by atoms with Gasteiger partial charge in [-0.1, -0.05) is 17.7 Å². The molecule has 2 aromatic carbocycles. The van der Waals surface area contributed by atoms with Gasteiger partial charge in [-0.2, -0.15) is 0 Å². The lowest BCUT2D eigenvalue weighted by Crippen LogP contribution is -2.26. The Kier molecular flexibility index (Phi) is 4.79. The van der Waals surface area contributed by atoms with Gasteiger partial charge in [-0.3, -0.25) is 9.59 Å². The van der Waals surface area contributed by atoms with Gasteiger partial charge < -0.3 is 9.67 Å². The summed E-state index contributed by atoms with van der Waals surface area (Å²) < 4.78 is 42.5. The number of carboxylic acids is 1. The lowest BCUT2D eigenvalue weighted by Gasteiger charge is -2.11. The van der Waals surface area contributed by atoms with Gasteiger partial charge >= 0.3 is 5.97 Å². The molecule has 0 bridgehead atoms. The van der Waals surface area contributed by atoms with E-state index in [0.29, 0.717) is 22.0 Å². The molecule has 29 heavy (non-hydrogen) atoms. The van der Waals surface area contributed by atoms with Crippen LogP contribution in [0, 0.1) is 17.5 Å². The number of carboxylic acid groups (broad SMARTS) is 1. The fourth-order valence-corrected chi connectivity index (χ4v) is 4.20. The van der Waals surface area contributed by atoms with Crippen molar-refractivity contribution in [1.82, 2.24) is 9.55 Å². The number of aliphatic carboxylic acids is 1. The maximum absolute atomic E-state index is 14.0. The van der Waals surface area contributed by atoms with Crippen LogP contribution in [0.3, 0.4) is 0 Å². The SMILES string of the molecule is O=C(O)Cc1cc2ccc(Cl)cc2n(Cc2nc3c(F)c(F)cc(F)c3s2)c1=O. The fraction of sp³-hybridized carbons (Fsp3) is 0.105. The molecular weight excluding hydrogens is 429 g/mol. The number of hydrogen-bond acceptors (Lipinski definition) is 4. The zero-order chi connectivity index (χ0) is 20.9. The van der Waals surface area contributed by atoms with Crippen molar-refractivity contribution >= 4 is 50.0 Å². The largest absolute Gasteiger partial charge is 0.481 e. The van der Waals surface area contributed by atoms with E-state index < -0.39 is 40.9 Å². The summed E-state index contributed by atoms with van der Waals surface area (Å²) in [5, 5.41) is 10.1. The van der Waals surface area contributed by atoms with E-state index in [4.69, 9.17) is 16.7 Å². The third-order valence-corrected chi connectivity index (χ3v) is 5.61. The molecule has 0 spiro atoms. The lowest BCUT2D eigenvalue weighted by atomic mass is 10.1. The number of nitrogens with zero attached hydrogens (tertiary/aromatic N) is 2. The Balaban J connectivity index is 1.92. The summed E-state index contributed by atoms with van der Waals surface area (Å²) in [5.74, 6) is -4.77. The van der Waals surface area contributed by atoms with Crippen molar-refractivity contribution in [3.8, 4) is 0 Å². The molecule has 2 aromatic heterocycles. The highest BCUT2D eigenvalue weighted by Crippen LogP contribution is 2.30. The van der Waals surface area contributed by atoms with Gasteiger partial charge in [0.05, 0.1) is 23.2 Å². The Hall–Kier alpha value is -2.91. The molecule has 0 aliphatic carbocycles. The van der Waals surface area contributed by atoms with Crippen molar-refractivity contribution in [3.05, 3.63) is 73.7 Å². The number of halogens is 4. The molecule has 4 rings (SSSR count). The van der Waals surface area contributed by atoms with Crippen molar-refractivity contribution in [1.29, 1.82) is 0 Å². The maximum Gasteiger partial charge on any atom is 0.308 e. The monoisotopic (exact) mass is 438 g/mol. The lowest BCUT2D eigenvalue weighted by molar-refractivity contribution is -0.136. The normalized spacial score (nSPS) is 11.4. The standard InChI is InChI=1S/C19H10ClF3N2O3S/c20-10-2-1-8-3-9(4-15(26)27)19(28)25(13(8)5-10)7-14-24-17-16(23)11(21)6-12(22)18(17)29-14/h1-3,5-6H,4,7H2,(H,26,27). The Labute approximate surface area is 169 Å². The molecule has 4 aromatic rings. The molecule has 0 amide bonds. The Morgan fingerprint density at radius 2 is 1.93 bits per heavy atom. The summed E-state index contributed by atoms with van der Waals surface area (Å²) >= 11 is 6.81. The highest BCUT2D eigenvalue weighted by Gasteiger charge is 2.19. The predicted molar refractivity (Wildman–Crippen MR) is 103 cm³/mol. The molecule has 0 radical (unpaired) electrons. The number of rotatable bonds is 4. The van der Waals surface area contributed by atoms with Crippen molar-refractivity contribution in [3.63, 3.8) is 0 Å². The van der Waals surface area contributed by atoms with Crippen LogP contribution in [0.2, 0.25) is 5.02 Å².